The van der Waals surface area contributed by atoms with Crippen LogP contribution in [0.5, 0.6) is 0 Å². The fraction of sp³-hybridized carbons (Fsp3) is 0.286. The summed E-state index contributed by atoms with van der Waals surface area (Å²) in [6.07, 6.45) is 3.36. The van der Waals surface area contributed by atoms with E-state index in [4.69, 9.17) is 10.1 Å². The lowest BCUT2D eigenvalue weighted by atomic mass is 10.2. The summed E-state index contributed by atoms with van der Waals surface area (Å²) in [5, 5.41) is 9.74. The van der Waals surface area contributed by atoms with Crippen molar-refractivity contribution in [3.05, 3.63) is 48.8 Å². The number of rotatable bonds is 5. The molecule has 0 unspecified atom stereocenters. The van der Waals surface area contributed by atoms with Crippen molar-refractivity contribution >= 4 is 28.6 Å². The minimum absolute atomic E-state index is 0.0386. The molecule has 0 atom stereocenters. The van der Waals surface area contributed by atoms with Gasteiger partial charge in [0.15, 0.2) is 5.82 Å². The number of hydrogen-bond donors (Lipinski definition) is 1. The summed E-state index contributed by atoms with van der Waals surface area (Å²) in [5.74, 6) is 0.391. The first-order chi connectivity index (χ1) is 14.1. The smallest absolute Gasteiger partial charge is 0.303 e. The number of pyridine rings is 1. The largest absolute Gasteiger partial charge is 0.481 e. The Morgan fingerprint density at radius 1 is 0.966 bits per heavy atom. The number of para-hydroxylation sites is 1. The summed E-state index contributed by atoms with van der Waals surface area (Å²) in [4.78, 5) is 40.5. The molecule has 1 aromatic carbocycles. The molecule has 4 rings (SSSR count). The van der Waals surface area contributed by atoms with E-state index < -0.39 is 5.97 Å². The zero-order valence-corrected chi connectivity index (χ0v) is 15.9. The van der Waals surface area contributed by atoms with Crippen LogP contribution in [0.1, 0.15) is 12.8 Å². The van der Waals surface area contributed by atoms with Crippen LogP contribution in [0.4, 0.5) is 5.82 Å². The maximum Gasteiger partial charge on any atom is 0.303 e. The van der Waals surface area contributed by atoms with E-state index in [0.717, 1.165) is 22.3 Å². The summed E-state index contributed by atoms with van der Waals surface area (Å²) in [6.45, 7) is 2.34. The highest BCUT2D eigenvalue weighted by atomic mass is 16.4. The molecule has 1 aliphatic heterocycles. The third-order valence-electron chi connectivity index (χ3n) is 4.99. The zero-order chi connectivity index (χ0) is 20.2. The molecule has 1 N–H and O–H groups in total. The third-order valence-corrected chi connectivity index (χ3v) is 4.99. The molecule has 0 bridgehead atoms. The number of carbonyl (C=O) groups is 2. The maximum absolute atomic E-state index is 12.2. The highest BCUT2D eigenvalue weighted by Gasteiger charge is 2.24. The molecule has 0 radical (unpaired) electrons. The molecule has 0 saturated carbocycles. The van der Waals surface area contributed by atoms with Crippen LogP contribution in [0.15, 0.2) is 48.8 Å². The second-order valence-electron chi connectivity index (χ2n) is 6.89. The third kappa shape index (κ3) is 4.16. The topological polar surface area (TPSA) is 99.5 Å². The average Bonchev–Trinajstić information content (AvgIpc) is 2.77. The van der Waals surface area contributed by atoms with Gasteiger partial charge in [-0.2, -0.15) is 0 Å². The SMILES string of the molecule is O=C(O)CCC(=O)N1CCN(c2nc(-c3cccnc3)nc3ccccc23)CC1. The predicted molar refractivity (Wildman–Crippen MR) is 108 cm³/mol. The van der Waals surface area contributed by atoms with E-state index >= 15 is 0 Å². The Morgan fingerprint density at radius 2 is 1.76 bits per heavy atom. The van der Waals surface area contributed by atoms with Gasteiger partial charge in [-0.3, -0.25) is 14.6 Å². The first-order valence-electron chi connectivity index (χ1n) is 9.53. The van der Waals surface area contributed by atoms with Gasteiger partial charge in [-0.15, -0.1) is 0 Å². The van der Waals surface area contributed by atoms with Gasteiger partial charge in [-0.25, -0.2) is 9.97 Å². The van der Waals surface area contributed by atoms with Gasteiger partial charge >= 0.3 is 5.97 Å². The standard InChI is InChI=1S/C21H21N5O3/c27-18(7-8-19(28)29)25-10-12-26(13-11-25)21-16-5-1-2-6-17(16)23-20(24-21)15-4-3-9-22-14-15/h1-6,9,14H,7-8,10-13H2,(H,28,29). The minimum atomic E-state index is -0.952. The molecular weight excluding hydrogens is 370 g/mol. The number of nitrogens with zero attached hydrogens (tertiary/aromatic N) is 5. The normalized spacial score (nSPS) is 14.2. The summed E-state index contributed by atoms with van der Waals surface area (Å²) in [6, 6.07) is 11.7. The number of carbonyl (C=O) groups excluding carboxylic acids is 1. The lowest BCUT2D eigenvalue weighted by Gasteiger charge is -2.36. The average molecular weight is 391 g/mol. The highest BCUT2D eigenvalue weighted by Crippen LogP contribution is 2.28. The number of amides is 1. The molecule has 3 heterocycles. The lowest BCUT2D eigenvalue weighted by Crippen LogP contribution is -2.49. The number of carboxylic acid groups (broad SMARTS) is 1. The number of aliphatic carboxylic acids is 1. The first kappa shape index (κ1) is 18.8. The molecule has 1 aliphatic rings. The second-order valence-corrected chi connectivity index (χ2v) is 6.89. The van der Waals surface area contributed by atoms with E-state index in [1.54, 1.807) is 17.3 Å². The molecule has 1 saturated heterocycles. The van der Waals surface area contributed by atoms with Crippen molar-refractivity contribution in [2.45, 2.75) is 12.8 Å². The Labute approximate surface area is 167 Å². The summed E-state index contributed by atoms with van der Waals surface area (Å²) in [5.41, 5.74) is 1.71. The fourth-order valence-electron chi connectivity index (χ4n) is 3.46. The number of hydrogen-bond acceptors (Lipinski definition) is 6. The zero-order valence-electron chi connectivity index (χ0n) is 15.9. The van der Waals surface area contributed by atoms with Crippen molar-refractivity contribution in [3.8, 4) is 11.4 Å². The molecule has 1 fully saturated rings. The maximum atomic E-state index is 12.2. The van der Waals surface area contributed by atoms with Crippen LogP contribution in [-0.4, -0.2) is 63.0 Å². The van der Waals surface area contributed by atoms with Crippen LogP contribution in [0.25, 0.3) is 22.3 Å². The van der Waals surface area contributed by atoms with Gasteiger partial charge in [-0.05, 0) is 24.3 Å². The van der Waals surface area contributed by atoms with Gasteiger partial charge in [-0.1, -0.05) is 12.1 Å². The molecule has 2 aromatic heterocycles. The van der Waals surface area contributed by atoms with Crippen molar-refractivity contribution in [1.82, 2.24) is 19.9 Å². The molecule has 29 heavy (non-hydrogen) atoms. The molecule has 0 spiro atoms. The Hall–Kier alpha value is -3.55. The predicted octanol–water partition coefficient (Wildman–Crippen LogP) is 2.21. The number of benzene rings is 1. The van der Waals surface area contributed by atoms with Gasteiger partial charge in [0.1, 0.15) is 5.82 Å². The molecule has 3 aromatic rings. The summed E-state index contributed by atoms with van der Waals surface area (Å²) < 4.78 is 0. The number of piperazine rings is 1. The van der Waals surface area contributed by atoms with E-state index in [9.17, 15) is 9.59 Å². The van der Waals surface area contributed by atoms with Crippen LogP contribution >= 0.6 is 0 Å². The van der Waals surface area contributed by atoms with Crippen molar-refractivity contribution in [2.75, 3.05) is 31.1 Å². The van der Waals surface area contributed by atoms with Crippen molar-refractivity contribution in [2.24, 2.45) is 0 Å². The van der Waals surface area contributed by atoms with Crippen LogP contribution in [0.3, 0.4) is 0 Å². The van der Waals surface area contributed by atoms with Gasteiger partial charge in [0, 0.05) is 55.9 Å². The Kier molecular flexibility index (Phi) is 5.33. The van der Waals surface area contributed by atoms with E-state index in [1.807, 2.05) is 36.4 Å². The van der Waals surface area contributed by atoms with Gasteiger partial charge in [0.2, 0.25) is 5.91 Å². The highest BCUT2D eigenvalue weighted by molar-refractivity contribution is 5.91. The van der Waals surface area contributed by atoms with Crippen molar-refractivity contribution in [1.29, 1.82) is 0 Å². The van der Waals surface area contributed by atoms with Crippen LogP contribution in [-0.2, 0) is 9.59 Å². The number of fused-ring (bicyclic) bond motifs is 1. The summed E-state index contributed by atoms with van der Waals surface area (Å²) >= 11 is 0. The molecular formula is C21H21N5O3. The fourth-order valence-corrected chi connectivity index (χ4v) is 3.46. The Bertz CT molecular complexity index is 1030. The molecule has 8 heteroatoms. The van der Waals surface area contributed by atoms with E-state index in [1.165, 1.54) is 0 Å². The number of anilines is 1. The second kappa shape index (κ2) is 8.22. The molecule has 0 aliphatic carbocycles. The monoisotopic (exact) mass is 391 g/mol. The first-order valence-corrected chi connectivity index (χ1v) is 9.53. The number of aromatic nitrogens is 3. The van der Waals surface area contributed by atoms with Gasteiger partial charge in [0.25, 0.3) is 0 Å². The van der Waals surface area contributed by atoms with Crippen LogP contribution in [0.2, 0.25) is 0 Å². The van der Waals surface area contributed by atoms with Crippen molar-refractivity contribution < 1.29 is 14.7 Å². The minimum Gasteiger partial charge on any atom is -0.481 e. The van der Waals surface area contributed by atoms with E-state index in [-0.39, 0.29) is 18.7 Å². The summed E-state index contributed by atoms with van der Waals surface area (Å²) in [7, 11) is 0. The van der Waals surface area contributed by atoms with Crippen LogP contribution < -0.4 is 4.90 Å². The van der Waals surface area contributed by atoms with Crippen LogP contribution in [0, 0.1) is 0 Å². The Balaban J connectivity index is 1.58. The van der Waals surface area contributed by atoms with E-state index in [0.29, 0.717) is 32.0 Å². The van der Waals surface area contributed by atoms with E-state index in [2.05, 4.69) is 14.9 Å². The van der Waals surface area contributed by atoms with Crippen molar-refractivity contribution in [3.63, 3.8) is 0 Å². The molecule has 1 amide bonds. The van der Waals surface area contributed by atoms with Gasteiger partial charge in [0.05, 0.1) is 11.9 Å². The lowest BCUT2D eigenvalue weighted by molar-refractivity contribution is -0.141. The Morgan fingerprint density at radius 3 is 2.48 bits per heavy atom. The number of carboxylic acids is 1. The molecule has 148 valence electrons. The van der Waals surface area contributed by atoms with Gasteiger partial charge < -0.3 is 14.9 Å². The molecule has 8 nitrogen and oxygen atoms in total. The quantitative estimate of drug-likeness (QED) is 0.712.